The van der Waals surface area contributed by atoms with E-state index in [4.69, 9.17) is 4.98 Å². The number of hydrogen-bond donors (Lipinski definition) is 2. The standard InChI is InChI=1S/C22H26N6O2/c1-2-27-20-19(21(29)25-22(27)30)28(13-15-8-4-3-5-9-15)18(24-20)12-16-14-26-11-7-6-10-17(26)23-16/h3-5,8-9,14,18,24H,2,6-7,10-13H2,1H3,(H,25,29,30). The molecule has 0 fully saturated rings. The van der Waals surface area contributed by atoms with E-state index in [1.54, 1.807) is 4.57 Å². The molecule has 156 valence electrons. The molecule has 3 aromatic rings. The van der Waals surface area contributed by atoms with Crippen LogP contribution in [0.25, 0.3) is 0 Å². The number of imidazole rings is 1. The molecule has 2 aliphatic heterocycles. The van der Waals surface area contributed by atoms with E-state index < -0.39 is 0 Å². The smallest absolute Gasteiger partial charge is 0.330 e. The Kier molecular flexibility index (Phi) is 4.69. The van der Waals surface area contributed by atoms with Gasteiger partial charge in [0.05, 0.1) is 5.69 Å². The summed E-state index contributed by atoms with van der Waals surface area (Å²) in [5.74, 6) is 1.74. The largest absolute Gasteiger partial charge is 0.349 e. The van der Waals surface area contributed by atoms with Gasteiger partial charge in [0.15, 0.2) is 0 Å². The molecular formula is C22H26N6O2. The first-order chi connectivity index (χ1) is 14.6. The normalized spacial score (nSPS) is 17.5. The summed E-state index contributed by atoms with van der Waals surface area (Å²) in [7, 11) is 0. The van der Waals surface area contributed by atoms with Crippen LogP contribution in [0.4, 0.5) is 11.5 Å². The quantitative estimate of drug-likeness (QED) is 0.677. The molecule has 0 saturated carbocycles. The number of nitrogens with zero attached hydrogens (tertiary/aromatic N) is 4. The fourth-order valence-electron chi connectivity index (χ4n) is 4.57. The van der Waals surface area contributed by atoms with E-state index in [0.29, 0.717) is 31.0 Å². The SMILES string of the molecule is CCn1c2c(c(=O)[nH]c1=O)N(Cc1ccccc1)C(Cc1cn3c(n1)CCCC3)N2. The molecule has 4 heterocycles. The molecule has 0 spiro atoms. The highest BCUT2D eigenvalue weighted by Crippen LogP contribution is 2.33. The lowest BCUT2D eigenvalue weighted by atomic mass is 10.2. The van der Waals surface area contributed by atoms with Gasteiger partial charge in [-0.2, -0.15) is 0 Å². The average Bonchev–Trinajstić information content (AvgIpc) is 3.30. The number of rotatable bonds is 5. The second kappa shape index (κ2) is 7.51. The molecule has 1 atom stereocenters. The fourth-order valence-corrected chi connectivity index (χ4v) is 4.57. The summed E-state index contributed by atoms with van der Waals surface area (Å²) < 4.78 is 3.84. The number of aromatic amines is 1. The molecule has 0 bridgehead atoms. The second-order valence-corrected chi connectivity index (χ2v) is 7.98. The Morgan fingerprint density at radius 2 is 2.00 bits per heavy atom. The summed E-state index contributed by atoms with van der Waals surface area (Å²) in [6, 6.07) is 10.1. The first-order valence-corrected chi connectivity index (χ1v) is 10.6. The zero-order valence-corrected chi connectivity index (χ0v) is 17.1. The van der Waals surface area contributed by atoms with Crippen molar-refractivity contribution in [2.75, 3.05) is 10.2 Å². The molecule has 1 unspecified atom stereocenters. The third kappa shape index (κ3) is 3.22. The highest BCUT2D eigenvalue weighted by atomic mass is 16.2. The van der Waals surface area contributed by atoms with Crippen molar-refractivity contribution >= 4 is 11.5 Å². The summed E-state index contributed by atoms with van der Waals surface area (Å²) in [5.41, 5.74) is 1.91. The Morgan fingerprint density at radius 1 is 1.17 bits per heavy atom. The topological polar surface area (TPSA) is 88.0 Å². The number of nitrogens with one attached hydrogen (secondary N) is 2. The highest BCUT2D eigenvalue weighted by molar-refractivity contribution is 5.72. The fraction of sp³-hybridized carbons (Fsp3) is 0.409. The summed E-state index contributed by atoms with van der Waals surface area (Å²) >= 11 is 0. The van der Waals surface area contributed by atoms with Crippen LogP contribution in [0, 0.1) is 0 Å². The molecule has 0 saturated heterocycles. The molecule has 2 aromatic heterocycles. The van der Waals surface area contributed by atoms with Crippen LogP contribution in [0.5, 0.6) is 0 Å². The van der Waals surface area contributed by atoms with Gasteiger partial charge in [-0.3, -0.25) is 14.3 Å². The van der Waals surface area contributed by atoms with E-state index in [-0.39, 0.29) is 17.4 Å². The van der Waals surface area contributed by atoms with E-state index in [1.165, 1.54) is 12.8 Å². The molecule has 5 rings (SSSR count). The Balaban J connectivity index is 1.53. The Labute approximate surface area is 174 Å². The van der Waals surface area contributed by atoms with Crippen LogP contribution in [0.2, 0.25) is 0 Å². The highest BCUT2D eigenvalue weighted by Gasteiger charge is 2.34. The van der Waals surface area contributed by atoms with Crippen LogP contribution in [0.3, 0.4) is 0 Å². The average molecular weight is 406 g/mol. The number of benzene rings is 1. The third-order valence-electron chi connectivity index (χ3n) is 6.01. The number of hydrogen-bond acceptors (Lipinski definition) is 5. The molecular weight excluding hydrogens is 380 g/mol. The predicted octanol–water partition coefficient (Wildman–Crippen LogP) is 2.09. The molecule has 0 aliphatic carbocycles. The van der Waals surface area contributed by atoms with Gasteiger partial charge >= 0.3 is 5.69 Å². The van der Waals surface area contributed by atoms with E-state index in [2.05, 4.69) is 38.1 Å². The maximum Gasteiger partial charge on any atom is 0.330 e. The number of aromatic nitrogens is 4. The zero-order valence-electron chi connectivity index (χ0n) is 17.1. The van der Waals surface area contributed by atoms with Crippen molar-refractivity contribution in [1.29, 1.82) is 0 Å². The summed E-state index contributed by atoms with van der Waals surface area (Å²) in [6.45, 7) is 3.98. The molecule has 0 amide bonds. The van der Waals surface area contributed by atoms with Crippen LogP contribution in [-0.4, -0.2) is 25.3 Å². The molecule has 8 nitrogen and oxygen atoms in total. The van der Waals surface area contributed by atoms with Crippen LogP contribution in [0.1, 0.15) is 36.8 Å². The van der Waals surface area contributed by atoms with Crippen molar-refractivity contribution in [2.45, 2.75) is 58.4 Å². The van der Waals surface area contributed by atoms with Gasteiger partial charge in [0, 0.05) is 38.7 Å². The van der Waals surface area contributed by atoms with Gasteiger partial charge in [-0.15, -0.1) is 0 Å². The number of H-pyrrole nitrogens is 1. The molecule has 8 heteroatoms. The zero-order chi connectivity index (χ0) is 20.7. The molecule has 30 heavy (non-hydrogen) atoms. The molecule has 0 radical (unpaired) electrons. The minimum atomic E-state index is -0.383. The maximum absolute atomic E-state index is 12.8. The van der Waals surface area contributed by atoms with Gasteiger partial charge in [0.1, 0.15) is 23.5 Å². The Bertz CT molecular complexity index is 1150. The summed E-state index contributed by atoms with van der Waals surface area (Å²) in [6.07, 6.45) is 6.02. The summed E-state index contributed by atoms with van der Waals surface area (Å²) in [5, 5.41) is 3.45. The van der Waals surface area contributed by atoms with Crippen molar-refractivity contribution in [3.05, 3.63) is 74.4 Å². The second-order valence-electron chi connectivity index (χ2n) is 7.98. The van der Waals surface area contributed by atoms with Crippen molar-refractivity contribution < 1.29 is 0 Å². The van der Waals surface area contributed by atoms with Gasteiger partial charge < -0.3 is 14.8 Å². The van der Waals surface area contributed by atoms with E-state index >= 15 is 0 Å². The van der Waals surface area contributed by atoms with Gasteiger partial charge in [-0.25, -0.2) is 9.78 Å². The predicted molar refractivity (Wildman–Crippen MR) is 116 cm³/mol. The van der Waals surface area contributed by atoms with Gasteiger partial charge in [-0.1, -0.05) is 30.3 Å². The number of fused-ring (bicyclic) bond motifs is 2. The van der Waals surface area contributed by atoms with Crippen molar-refractivity contribution in [3.63, 3.8) is 0 Å². The summed E-state index contributed by atoms with van der Waals surface area (Å²) in [4.78, 5) is 34.5. The third-order valence-corrected chi connectivity index (χ3v) is 6.01. The first kappa shape index (κ1) is 18.7. The number of anilines is 2. The van der Waals surface area contributed by atoms with Crippen LogP contribution >= 0.6 is 0 Å². The minimum Gasteiger partial charge on any atom is -0.349 e. The lowest BCUT2D eigenvalue weighted by Gasteiger charge is -2.25. The van der Waals surface area contributed by atoms with Crippen molar-refractivity contribution in [2.24, 2.45) is 0 Å². The van der Waals surface area contributed by atoms with E-state index in [1.807, 2.05) is 25.1 Å². The van der Waals surface area contributed by atoms with Crippen LogP contribution in [-0.2, 0) is 32.5 Å². The first-order valence-electron chi connectivity index (χ1n) is 10.6. The Morgan fingerprint density at radius 3 is 2.77 bits per heavy atom. The van der Waals surface area contributed by atoms with Crippen LogP contribution < -0.4 is 21.5 Å². The van der Waals surface area contributed by atoms with Gasteiger partial charge in [0.2, 0.25) is 0 Å². The van der Waals surface area contributed by atoms with Crippen molar-refractivity contribution in [3.8, 4) is 0 Å². The van der Waals surface area contributed by atoms with E-state index in [9.17, 15) is 9.59 Å². The Hall–Kier alpha value is -3.29. The molecule has 2 aliphatic rings. The molecule has 1 aromatic carbocycles. The van der Waals surface area contributed by atoms with Crippen molar-refractivity contribution in [1.82, 2.24) is 19.1 Å². The lowest BCUT2D eigenvalue weighted by molar-refractivity contribution is 0.522. The van der Waals surface area contributed by atoms with Gasteiger partial charge in [0.25, 0.3) is 5.56 Å². The maximum atomic E-state index is 12.8. The van der Waals surface area contributed by atoms with E-state index in [0.717, 1.165) is 30.0 Å². The molecule has 2 N–H and O–H groups in total. The minimum absolute atomic E-state index is 0.155. The lowest BCUT2D eigenvalue weighted by Crippen LogP contribution is -2.39. The van der Waals surface area contributed by atoms with Crippen LogP contribution in [0.15, 0.2) is 46.1 Å². The monoisotopic (exact) mass is 406 g/mol. The van der Waals surface area contributed by atoms with Gasteiger partial charge in [-0.05, 0) is 25.3 Å². The number of aryl methyl sites for hydroxylation is 2.